The van der Waals surface area contributed by atoms with Crippen molar-refractivity contribution in [3.05, 3.63) is 29.8 Å². The lowest BCUT2D eigenvalue weighted by Gasteiger charge is -2.33. The molecule has 1 aliphatic rings. The molecule has 0 spiro atoms. The third kappa shape index (κ3) is 3.45. The molecule has 1 aromatic carbocycles. The zero-order valence-electron chi connectivity index (χ0n) is 10.6. The van der Waals surface area contributed by atoms with Crippen LogP contribution in [0.1, 0.15) is 25.3 Å². The van der Waals surface area contributed by atoms with Gasteiger partial charge in [-0.1, -0.05) is 19.1 Å². The standard InChI is InChI=1S/C14H22N2O/c1-2-16(14-4-3-9-17-11-14)10-12-5-7-13(15)8-6-12/h5-8,14H,2-4,9-11,15H2,1H3. The summed E-state index contributed by atoms with van der Waals surface area (Å²) in [6.45, 7) is 6.08. The predicted octanol–water partition coefficient (Wildman–Crippen LogP) is 2.27. The van der Waals surface area contributed by atoms with E-state index in [0.29, 0.717) is 6.04 Å². The summed E-state index contributed by atoms with van der Waals surface area (Å²) in [5.74, 6) is 0. The second-order valence-corrected chi connectivity index (χ2v) is 4.68. The molecule has 94 valence electrons. The highest BCUT2D eigenvalue weighted by molar-refractivity contribution is 5.39. The Morgan fingerprint density at radius 3 is 2.71 bits per heavy atom. The van der Waals surface area contributed by atoms with Gasteiger partial charge in [-0.25, -0.2) is 0 Å². The summed E-state index contributed by atoms with van der Waals surface area (Å²) in [6.07, 6.45) is 2.44. The smallest absolute Gasteiger partial charge is 0.0621 e. The Bertz CT molecular complexity index is 331. The molecule has 1 atom stereocenters. The van der Waals surface area contributed by atoms with Gasteiger partial charge >= 0.3 is 0 Å². The molecule has 0 aliphatic carbocycles. The molecule has 1 heterocycles. The van der Waals surface area contributed by atoms with Crippen LogP contribution in [0.4, 0.5) is 5.69 Å². The monoisotopic (exact) mass is 234 g/mol. The van der Waals surface area contributed by atoms with Crippen molar-refractivity contribution in [3.63, 3.8) is 0 Å². The van der Waals surface area contributed by atoms with Gasteiger partial charge in [0.2, 0.25) is 0 Å². The van der Waals surface area contributed by atoms with Crippen molar-refractivity contribution in [3.8, 4) is 0 Å². The maximum absolute atomic E-state index is 5.70. The fourth-order valence-electron chi connectivity index (χ4n) is 2.37. The Labute approximate surface area is 104 Å². The first kappa shape index (κ1) is 12.4. The third-order valence-electron chi connectivity index (χ3n) is 3.42. The van der Waals surface area contributed by atoms with Gasteiger partial charge in [0.1, 0.15) is 0 Å². The molecule has 0 amide bonds. The molecule has 1 unspecified atom stereocenters. The molecule has 0 bridgehead atoms. The van der Waals surface area contributed by atoms with E-state index in [1.165, 1.54) is 18.4 Å². The molecule has 3 nitrogen and oxygen atoms in total. The summed E-state index contributed by atoms with van der Waals surface area (Å²) in [6, 6.07) is 8.75. The van der Waals surface area contributed by atoms with E-state index in [1.54, 1.807) is 0 Å². The highest BCUT2D eigenvalue weighted by Gasteiger charge is 2.20. The van der Waals surface area contributed by atoms with E-state index in [-0.39, 0.29) is 0 Å². The van der Waals surface area contributed by atoms with Crippen molar-refractivity contribution < 1.29 is 4.74 Å². The molecule has 2 N–H and O–H groups in total. The third-order valence-corrected chi connectivity index (χ3v) is 3.42. The van der Waals surface area contributed by atoms with Gasteiger partial charge in [-0.05, 0) is 37.1 Å². The molecule has 1 saturated heterocycles. The summed E-state index contributed by atoms with van der Waals surface area (Å²) < 4.78 is 5.56. The summed E-state index contributed by atoms with van der Waals surface area (Å²) in [7, 11) is 0. The first-order chi connectivity index (χ1) is 8.29. The van der Waals surface area contributed by atoms with E-state index in [9.17, 15) is 0 Å². The summed E-state index contributed by atoms with van der Waals surface area (Å²) in [4.78, 5) is 2.49. The molecule has 17 heavy (non-hydrogen) atoms. The van der Waals surface area contributed by atoms with Gasteiger partial charge < -0.3 is 10.5 Å². The van der Waals surface area contributed by atoms with Crippen LogP contribution >= 0.6 is 0 Å². The normalized spacial score (nSPS) is 20.7. The van der Waals surface area contributed by atoms with Crippen LogP contribution in [-0.2, 0) is 11.3 Å². The van der Waals surface area contributed by atoms with Gasteiger partial charge in [0.25, 0.3) is 0 Å². The minimum atomic E-state index is 0.575. The lowest BCUT2D eigenvalue weighted by atomic mass is 10.1. The summed E-state index contributed by atoms with van der Waals surface area (Å²) in [5, 5.41) is 0. The topological polar surface area (TPSA) is 38.5 Å². The molecular weight excluding hydrogens is 212 g/mol. The van der Waals surface area contributed by atoms with Crippen LogP contribution in [0.15, 0.2) is 24.3 Å². The van der Waals surface area contributed by atoms with Crippen molar-refractivity contribution in [1.82, 2.24) is 4.90 Å². The molecule has 0 radical (unpaired) electrons. The second kappa shape index (κ2) is 6.03. The van der Waals surface area contributed by atoms with Crippen molar-refractivity contribution in [2.45, 2.75) is 32.4 Å². The quantitative estimate of drug-likeness (QED) is 0.812. The predicted molar refractivity (Wildman–Crippen MR) is 70.8 cm³/mol. The SMILES string of the molecule is CCN(Cc1ccc(N)cc1)C1CCCOC1. The van der Waals surface area contributed by atoms with Gasteiger partial charge in [0.15, 0.2) is 0 Å². The molecule has 2 rings (SSSR count). The van der Waals surface area contributed by atoms with E-state index in [1.807, 2.05) is 12.1 Å². The Hall–Kier alpha value is -1.06. The number of nitrogens with zero attached hydrogens (tertiary/aromatic N) is 1. The Balaban J connectivity index is 1.96. The molecule has 1 aromatic rings. The Morgan fingerprint density at radius 1 is 1.35 bits per heavy atom. The maximum atomic E-state index is 5.70. The second-order valence-electron chi connectivity index (χ2n) is 4.68. The van der Waals surface area contributed by atoms with E-state index < -0.39 is 0 Å². The average Bonchev–Trinajstić information content (AvgIpc) is 2.39. The van der Waals surface area contributed by atoms with Crippen LogP contribution in [0.2, 0.25) is 0 Å². The molecule has 0 saturated carbocycles. The minimum Gasteiger partial charge on any atom is -0.399 e. The fraction of sp³-hybridized carbons (Fsp3) is 0.571. The number of nitrogen functional groups attached to an aromatic ring is 1. The van der Waals surface area contributed by atoms with E-state index in [4.69, 9.17) is 10.5 Å². The number of benzene rings is 1. The highest BCUT2D eigenvalue weighted by atomic mass is 16.5. The van der Waals surface area contributed by atoms with E-state index >= 15 is 0 Å². The van der Waals surface area contributed by atoms with Crippen molar-refractivity contribution in [2.75, 3.05) is 25.5 Å². The number of rotatable bonds is 4. The lowest BCUT2D eigenvalue weighted by molar-refractivity contribution is 0.0166. The minimum absolute atomic E-state index is 0.575. The first-order valence-corrected chi connectivity index (χ1v) is 6.46. The van der Waals surface area contributed by atoms with Crippen LogP contribution in [0.3, 0.4) is 0 Å². The highest BCUT2D eigenvalue weighted by Crippen LogP contribution is 2.16. The first-order valence-electron chi connectivity index (χ1n) is 6.46. The van der Waals surface area contributed by atoms with Gasteiger partial charge in [-0.3, -0.25) is 4.90 Å². The summed E-state index contributed by atoms with van der Waals surface area (Å²) >= 11 is 0. The van der Waals surface area contributed by atoms with Gasteiger partial charge in [-0.15, -0.1) is 0 Å². The Morgan fingerprint density at radius 2 is 2.12 bits per heavy atom. The van der Waals surface area contributed by atoms with Crippen molar-refractivity contribution >= 4 is 5.69 Å². The number of ether oxygens (including phenoxy) is 1. The van der Waals surface area contributed by atoms with Crippen LogP contribution in [0.5, 0.6) is 0 Å². The lowest BCUT2D eigenvalue weighted by Crippen LogP contribution is -2.40. The number of likely N-dealkylation sites (N-methyl/N-ethyl adjacent to an activating group) is 1. The van der Waals surface area contributed by atoms with Crippen molar-refractivity contribution in [2.24, 2.45) is 0 Å². The van der Waals surface area contributed by atoms with Crippen LogP contribution in [-0.4, -0.2) is 30.7 Å². The molecular formula is C14H22N2O. The fourth-order valence-corrected chi connectivity index (χ4v) is 2.37. The van der Waals surface area contributed by atoms with E-state index in [2.05, 4.69) is 24.0 Å². The molecule has 1 aliphatic heterocycles. The van der Waals surface area contributed by atoms with E-state index in [0.717, 1.165) is 32.0 Å². The zero-order chi connectivity index (χ0) is 12.1. The van der Waals surface area contributed by atoms with Gasteiger partial charge in [0, 0.05) is 24.9 Å². The van der Waals surface area contributed by atoms with Gasteiger partial charge in [0.05, 0.1) is 6.61 Å². The molecule has 1 fully saturated rings. The number of hydrogen-bond donors (Lipinski definition) is 1. The number of anilines is 1. The average molecular weight is 234 g/mol. The number of hydrogen-bond acceptors (Lipinski definition) is 3. The number of nitrogens with two attached hydrogens (primary N) is 1. The van der Waals surface area contributed by atoms with Crippen molar-refractivity contribution in [1.29, 1.82) is 0 Å². The largest absolute Gasteiger partial charge is 0.399 e. The van der Waals surface area contributed by atoms with Crippen LogP contribution < -0.4 is 5.73 Å². The zero-order valence-corrected chi connectivity index (χ0v) is 10.6. The molecule has 0 aromatic heterocycles. The maximum Gasteiger partial charge on any atom is 0.0621 e. The Kier molecular flexibility index (Phi) is 4.40. The van der Waals surface area contributed by atoms with Crippen LogP contribution in [0.25, 0.3) is 0 Å². The molecule has 3 heteroatoms. The van der Waals surface area contributed by atoms with Gasteiger partial charge in [-0.2, -0.15) is 0 Å². The summed E-state index contributed by atoms with van der Waals surface area (Å²) in [5.41, 5.74) is 7.86. The van der Waals surface area contributed by atoms with Crippen LogP contribution in [0, 0.1) is 0 Å².